The van der Waals surface area contributed by atoms with E-state index in [4.69, 9.17) is 16.6 Å². The number of carbonyl (C=O) groups excluding carboxylic acids is 1. The first-order valence-corrected chi connectivity index (χ1v) is 10.8. The molecule has 0 aliphatic heterocycles. The molecule has 29 heavy (non-hydrogen) atoms. The Balaban J connectivity index is 2.33. The zero-order chi connectivity index (χ0) is 21.2. The van der Waals surface area contributed by atoms with Crippen molar-refractivity contribution in [3.63, 3.8) is 0 Å². The fourth-order valence-electron chi connectivity index (χ4n) is 3.03. The fraction of sp³-hybridized carbons (Fsp3) is 0. The molecule has 3 aromatic carbocycles. The maximum atomic E-state index is 12.3. The van der Waals surface area contributed by atoms with Crippen LogP contribution in [-0.4, -0.2) is 14.3 Å². The highest BCUT2D eigenvalue weighted by atomic mass is 79.9. The lowest BCUT2D eigenvalue weighted by molar-refractivity contribution is 0.0998. The van der Waals surface area contributed by atoms with Crippen LogP contribution in [0.2, 0.25) is 0 Å². The third-order valence-corrected chi connectivity index (χ3v) is 5.77. The number of amides is 1. The second kappa shape index (κ2) is 8.20. The highest BCUT2D eigenvalue weighted by Crippen LogP contribution is 2.36. The topological polar surface area (TPSA) is 129 Å². The Morgan fingerprint density at radius 2 is 1.66 bits per heavy atom. The van der Waals surface area contributed by atoms with Crippen LogP contribution in [-0.2, 0) is 10.0 Å². The standard InChI is InChI=1S/C21H18BrN3O3S/c22-16-8-4-5-13(11-16)9-10-15-12-17(14-6-2-1-3-7-14)19(23)18(21(24)26)20(15)29(25,27)28/h1-12H,23H2,(H2,24,26)(H2,25,27,28)/b10-9+. The lowest BCUT2D eigenvalue weighted by Gasteiger charge is -2.16. The molecule has 0 aromatic heterocycles. The van der Waals surface area contributed by atoms with Crippen molar-refractivity contribution in [3.8, 4) is 11.1 Å². The number of primary sulfonamides is 1. The average molecular weight is 472 g/mol. The van der Waals surface area contributed by atoms with Gasteiger partial charge in [-0.05, 0) is 34.9 Å². The van der Waals surface area contributed by atoms with E-state index >= 15 is 0 Å². The smallest absolute Gasteiger partial charge is 0.252 e. The third kappa shape index (κ3) is 4.56. The van der Waals surface area contributed by atoms with Crippen molar-refractivity contribution < 1.29 is 13.2 Å². The van der Waals surface area contributed by atoms with Crippen molar-refractivity contribution in [3.05, 3.63) is 81.8 Å². The molecular formula is C21H18BrN3O3S. The number of halogens is 1. The van der Waals surface area contributed by atoms with Crippen molar-refractivity contribution in [2.75, 3.05) is 5.73 Å². The van der Waals surface area contributed by atoms with Crippen molar-refractivity contribution in [2.45, 2.75) is 4.90 Å². The van der Waals surface area contributed by atoms with Gasteiger partial charge in [-0.2, -0.15) is 0 Å². The summed E-state index contributed by atoms with van der Waals surface area (Å²) in [4.78, 5) is 11.7. The lowest BCUT2D eigenvalue weighted by atomic mass is 9.96. The van der Waals surface area contributed by atoms with Gasteiger partial charge in [0, 0.05) is 10.0 Å². The van der Waals surface area contributed by atoms with Crippen LogP contribution >= 0.6 is 15.9 Å². The Bertz CT molecular complexity index is 1220. The Morgan fingerprint density at radius 3 is 2.24 bits per heavy atom. The van der Waals surface area contributed by atoms with Gasteiger partial charge in [-0.25, -0.2) is 13.6 Å². The van der Waals surface area contributed by atoms with Gasteiger partial charge in [0.25, 0.3) is 5.91 Å². The number of benzene rings is 3. The largest absolute Gasteiger partial charge is 0.398 e. The van der Waals surface area contributed by atoms with Crippen LogP contribution in [0.3, 0.4) is 0 Å². The van der Waals surface area contributed by atoms with Gasteiger partial charge in [-0.15, -0.1) is 0 Å². The summed E-state index contributed by atoms with van der Waals surface area (Å²) in [6, 6.07) is 18.1. The van der Waals surface area contributed by atoms with Crippen molar-refractivity contribution >= 4 is 49.7 Å². The number of carbonyl (C=O) groups is 1. The molecule has 148 valence electrons. The summed E-state index contributed by atoms with van der Waals surface area (Å²) >= 11 is 3.39. The predicted molar refractivity (Wildman–Crippen MR) is 119 cm³/mol. The molecule has 0 saturated heterocycles. The van der Waals surface area contributed by atoms with Crippen LogP contribution in [0.5, 0.6) is 0 Å². The Hall–Kier alpha value is -2.94. The molecule has 6 nitrogen and oxygen atoms in total. The number of anilines is 1. The SMILES string of the molecule is NC(=O)c1c(N)c(-c2ccccc2)cc(/C=C/c2cccc(Br)c2)c1S(N)(=O)=O. The Kier molecular flexibility index (Phi) is 5.88. The number of nitrogens with two attached hydrogens (primary N) is 3. The second-order valence-corrected chi connectivity index (χ2v) is 8.71. The molecule has 0 unspecified atom stereocenters. The molecule has 3 aromatic rings. The summed E-state index contributed by atoms with van der Waals surface area (Å²) in [5.41, 5.74) is 13.5. The molecule has 0 fully saturated rings. The summed E-state index contributed by atoms with van der Waals surface area (Å²) in [7, 11) is -4.28. The third-order valence-electron chi connectivity index (χ3n) is 4.27. The summed E-state index contributed by atoms with van der Waals surface area (Å²) in [6.45, 7) is 0. The van der Waals surface area contributed by atoms with Crippen LogP contribution in [0.4, 0.5) is 5.69 Å². The number of rotatable bonds is 5. The average Bonchev–Trinajstić information content (AvgIpc) is 2.66. The van der Waals surface area contributed by atoms with E-state index < -0.39 is 20.8 Å². The van der Waals surface area contributed by atoms with Gasteiger partial charge >= 0.3 is 0 Å². The molecule has 0 spiro atoms. The van der Waals surface area contributed by atoms with E-state index in [9.17, 15) is 13.2 Å². The van der Waals surface area contributed by atoms with E-state index in [1.165, 1.54) is 0 Å². The first kappa shape index (κ1) is 20.8. The van der Waals surface area contributed by atoms with E-state index in [0.717, 1.165) is 10.0 Å². The number of sulfonamides is 1. The Morgan fingerprint density at radius 1 is 0.966 bits per heavy atom. The quantitative estimate of drug-likeness (QED) is 0.387. The minimum absolute atomic E-state index is 0.0349. The number of primary amides is 1. The molecule has 1 amide bonds. The van der Waals surface area contributed by atoms with Crippen LogP contribution < -0.4 is 16.6 Å². The number of hydrogen-bond donors (Lipinski definition) is 3. The Labute approximate surface area is 177 Å². The van der Waals surface area contributed by atoms with E-state index in [1.54, 1.807) is 30.4 Å². The summed E-state index contributed by atoms with van der Waals surface area (Å²) < 4.78 is 25.5. The molecule has 0 aliphatic rings. The summed E-state index contributed by atoms with van der Waals surface area (Å²) in [6.07, 6.45) is 3.28. The maximum absolute atomic E-state index is 12.3. The first-order chi connectivity index (χ1) is 13.7. The van der Waals surface area contributed by atoms with Gasteiger partial charge in [-0.1, -0.05) is 70.5 Å². The van der Waals surface area contributed by atoms with Crippen LogP contribution in [0.25, 0.3) is 23.3 Å². The van der Waals surface area contributed by atoms with Gasteiger partial charge in [0.15, 0.2) is 0 Å². The molecular weight excluding hydrogens is 454 g/mol. The number of nitrogen functional groups attached to an aromatic ring is 1. The van der Waals surface area contributed by atoms with Crippen molar-refractivity contribution in [2.24, 2.45) is 10.9 Å². The van der Waals surface area contributed by atoms with Crippen molar-refractivity contribution in [1.82, 2.24) is 0 Å². The molecule has 0 radical (unpaired) electrons. The molecule has 0 bridgehead atoms. The maximum Gasteiger partial charge on any atom is 0.252 e. The van der Waals surface area contributed by atoms with Crippen LogP contribution in [0.15, 0.2) is 70.0 Å². The first-order valence-electron chi connectivity index (χ1n) is 8.46. The molecule has 8 heteroatoms. The zero-order valence-corrected chi connectivity index (χ0v) is 17.6. The summed E-state index contributed by atoms with van der Waals surface area (Å²) in [5.74, 6) is -0.971. The van der Waals surface area contributed by atoms with E-state index in [1.807, 2.05) is 42.5 Å². The van der Waals surface area contributed by atoms with Gasteiger partial charge in [0.2, 0.25) is 10.0 Å². The normalized spacial score (nSPS) is 11.7. The molecule has 0 atom stereocenters. The van der Waals surface area contributed by atoms with E-state index in [-0.39, 0.29) is 16.8 Å². The van der Waals surface area contributed by atoms with Gasteiger partial charge in [0.05, 0.1) is 11.3 Å². The van der Waals surface area contributed by atoms with Gasteiger partial charge in [-0.3, -0.25) is 4.79 Å². The minimum Gasteiger partial charge on any atom is -0.398 e. The fourth-order valence-corrected chi connectivity index (χ4v) is 4.40. The highest BCUT2D eigenvalue weighted by molar-refractivity contribution is 9.10. The minimum atomic E-state index is -4.28. The molecule has 0 heterocycles. The molecule has 0 aliphatic carbocycles. The van der Waals surface area contributed by atoms with Gasteiger partial charge < -0.3 is 11.5 Å². The zero-order valence-electron chi connectivity index (χ0n) is 15.2. The molecule has 6 N–H and O–H groups in total. The molecule has 0 saturated carbocycles. The number of hydrogen-bond acceptors (Lipinski definition) is 4. The van der Waals surface area contributed by atoms with Crippen LogP contribution in [0, 0.1) is 0 Å². The highest BCUT2D eigenvalue weighted by Gasteiger charge is 2.26. The van der Waals surface area contributed by atoms with Crippen LogP contribution in [0.1, 0.15) is 21.5 Å². The van der Waals surface area contributed by atoms with Gasteiger partial charge in [0.1, 0.15) is 4.90 Å². The molecule has 3 rings (SSSR count). The van der Waals surface area contributed by atoms with Crippen molar-refractivity contribution in [1.29, 1.82) is 0 Å². The van der Waals surface area contributed by atoms with E-state index in [0.29, 0.717) is 11.1 Å². The lowest BCUT2D eigenvalue weighted by Crippen LogP contribution is -2.23. The van der Waals surface area contributed by atoms with E-state index in [2.05, 4.69) is 15.9 Å². The monoisotopic (exact) mass is 471 g/mol. The predicted octanol–water partition coefficient (Wildman–Crippen LogP) is 3.62. The second-order valence-electron chi connectivity index (χ2n) is 6.29. The summed E-state index contributed by atoms with van der Waals surface area (Å²) in [5, 5.41) is 5.41.